The second-order valence-electron chi connectivity index (χ2n) is 4.57. The summed E-state index contributed by atoms with van der Waals surface area (Å²) in [5.74, 6) is 1.31. The standard InChI is InChI=1S/C13H16N2O4/c16-9-11-8-15(3-5-17-11)7-10-6-13(19-14-10)12-2-1-4-18-12/h1-2,4,6,11,16H,3,5,7-9H2. The van der Waals surface area contributed by atoms with Gasteiger partial charge in [-0.25, -0.2) is 0 Å². The largest absolute Gasteiger partial charge is 0.461 e. The van der Waals surface area contributed by atoms with Crippen molar-refractivity contribution >= 4 is 0 Å². The van der Waals surface area contributed by atoms with Crippen LogP contribution in [0.4, 0.5) is 0 Å². The van der Waals surface area contributed by atoms with Crippen molar-refractivity contribution in [2.45, 2.75) is 12.6 Å². The third kappa shape index (κ3) is 2.86. The van der Waals surface area contributed by atoms with Crippen LogP contribution in [0.5, 0.6) is 0 Å². The summed E-state index contributed by atoms with van der Waals surface area (Å²) in [5.41, 5.74) is 0.852. The van der Waals surface area contributed by atoms with Gasteiger partial charge in [-0.3, -0.25) is 4.90 Å². The molecule has 0 radical (unpaired) electrons. The van der Waals surface area contributed by atoms with Gasteiger partial charge in [0.05, 0.1) is 31.3 Å². The summed E-state index contributed by atoms with van der Waals surface area (Å²) in [4.78, 5) is 2.19. The number of hydrogen-bond donors (Lipinski definition) is 1. The molecule has 1 saturated heterocycles. The quantitative estimate of drug-likeness (QED) is 0.892. The Morgan fingerprint density at radius 3 is 3.16 bits per heavy atom. The molecule has 3 rings (SSSR count). The zero-order valence-electron chi connectivity index (χ0n) is 10.5. The second kappa shape index (κ2) is 5.56. The number of ether oxygens (including phenoxy) is 1. The average Bonchev–Trinajstić information content (AvgIpc) is 3.09. The Hall–Kier alpha value is -1.63. The number of hydrogen-bond acceptors (Lipinski definition) is 6. The predicted molar refractivity (Wildman–Crippen MR) is 66.3 cm³/mol. The normalized spacial score (nSPS) is 20.8. The van der Waals surface area contributed by atoms with E-state index in [9.17, 15) is 0 Å². The number of aliphatic hydroxyl groups is 1. The van der Waals surface area contributed by atoms with Crippen molar-refractivity contribution in [3.63, 3.8) is 0 Å². The van der Waals surface area contributed by atoms with Crippen LogP contribution in [0.1, 0.15) is 5.69 Å². The van der Waals surface area contributed by atoms with Crippen LogP contribution in [0.2, 0.25) is 0 Å². The van der Waals surface area contributed by atoms with Gasteiger partial charge in [-0.15, -0.1) is 0 Å². The minimum atomic E-state index is -0.106. The first-order valence-electron chi connectivity index (χ1n) is 6.29. The van der Waals surface area contributed by atoms with Gasteiger partial charge in [0.1, 0.15) is 0 Å². The van der Waals surface area contributed by atoms with Crippen molar-refractivity contribution < 1.29 is 18.8 Å². The molecule has 0 aliphatic carbocycles. The minimum absolute atomic E-state index is 0.0486. The summed E-state index contributed by atoms with van der Waals surface area (Å²) in [6, 6.07) is 5.52. The third-order valence-corrected chi connectivity index (χ3v) is 3.14. The molecule has 19 heavy (non-hydrogen) atoms. The Balaban J connectivity index is 1.64. The van der Waals surface area contributed by atoms with Crippen LogP contribution in [0.25, 0.3) is 11.5 Å². The number of morpholine rings is 1. The van der Waals surface area contributed by atoms with Gasteiger partial charge in [0.15, 0.2) is 5.76 Å². The van der Waals surface area contributed by atoms with E-state index < -0.39 is 0 Å². The Morgan fingerprint density at radius 2 is 2.37 bits per heavy atom. The predicted octanol–water partition coefficient (Wildman–Crippen LogP) is 1.13. The topological polar surface area (TPSA) is 71.9 Å². The Bertz CT molecular complexity index is 508. The van der Waals surface area contributed by atoms with Gasteiger partial charge >= 0.3 is 0 Å². The molecule has 1 N–H and O–H groups in total. The van der Waals surface area contributed by atoms with Crippen molar-refractivity contribution in [1.82, 2.24) is 10.1 Å². The highest BCUT2D eigenvalue weighted by molar-refractivity contribution is 5.49. The Morgan fingerprint density at radius 1 is 1.42 bits per heavy atom. The van der Waals surface area contributed by atoms with Gasteiger partial charge in [-0.1, -0.05) is 5.16 Å². The van der Waals surface area contributed by atoms with E-state index in [1.807, 2.05) is 18.2 Å². The van der Waals surface area contributed by atoms with Crippen LogP contribution >= 0.6 is 0 Å². The third-order valence-electron chi connectivity index (χ3n) is 3.14. The molecule has 1 atom stereocenters. The summed E-state index contributed by atoms with van der Waals surface area (Å²) in [6.45, 7) is 2.91. The molecule has 102 valence electrons. The fourth-order valence-electron chi connectivity index (χ4n) is 2.18. The minimum Gasteiger partial charge on any atom is -0.461 e. The van der Waals surface area contributed by atoms with E-state index in [0.29, 0.717) is 31.2 Å². The van der Waals surface area contributed by atoms with Gasteiger partial charge in [0.25, 0.3) is 0 Å². The molecular formula is C13H16N2O4. The first kappa shape index (κ1) is 12.4. The number of nitrogens with zero attached hydrogens (tertiary/aromatic N) is 2. The Kier molecular flexibility index (Phi) is 3.63. The van der Waals surface area contributed by atoms with Crippen LogP contribution < -0.4 is 0 Å². The Labute approximate surface area is 110 Å². The van der Waals surface area contributed by atoms with Crippen LogP contribution in [0.3, 0.4) is 0 Å². The summed E-state index contributed by atoms with van der Waals surface area (Å²) < 4.78 is 15.9. The van der Waals surface area contributed by atoms with Crippen molar-refractivity contribution in [2.75, 3.05) is 26.3 Å². The lowest BCUT2D eigenvalue weighted by Gasteiger charge is -2.31. The van der Waals surface area contributed by atoms with Crippen molar-refractivity contribution in [3.8, 4) is 11.5 Å². The van der Waals surface area contributed by atoms with E-state index in [4.69, 9.17) is 18.8 Å². The molecule has 0 saturated carbocycles. The highest BCUT2D eigenvalue weighted by Gasteiger charge is 2.21. The maximum absolute atomic E-state index is 9.11. The smallest absolute Gasteiger partial charge is 0.202 e. The van der Waals surface area contributed by atoms with E-state index in [0.717, 1.165) is 12.2 Å². The molecule has 1 aliphatic heterocycles. The lowest BCUT2D eigenvalue weighted by Crippen LogP contribution is -2.43. The maximum atomic E-state index is 9.11. The average molecular weight is 264 g/mol. The molecular weight excluding hydrogens is 248 g/mol. The van der Waals surface area contributed by atoms with Gasteiger partial charge in [0, 0.05) is 25.7 Å². The van der Waals surface area contributed by atoms with Crippen LogP contribution in [-0.2, 0) is 11.3 Å². The van der Waals surface area contributed by atoms with E-state index in [-0.39, 0.29) is 12.7 Å². The fraction of sp³-hybridized carbons (Fsp3) is 0.462. The lowest BCUT2D eigenvalue weighted by atomic mass is 10.2. The second-order valence-corrected chi connectivity index (χ2v) is 4.57. The molecule has 6 heteroatoms. The van der Waals surface area contributed by atoms with E-state index in [2.05, 4.69) is 10.1 Å². The van der Waals surface area contributed by atoms with Crippen molar-refractivity contribution in [3.05, 3.63) is 30.2 Å². The molecule has 2 aromatic rings. The van der Waals surface area contributed by atoms with E-state index in [1.165, 1.54) is 0 Å². The molecule has 1 fully saturated rings. The van der Waals surface area contributed by atoms with Crippen molar-refractivity contribution in [2.24, 2.45) is 0 Å². The summed E-state index contributed by atoms with van der Waals surface area (Å²) in [6.07, 6.45) is 1.50. The van der Waals surface area contributed by atoms with E-state index >= 15 is 0 Å². The fourth-order valence-corrected chi connectivity index (χ4v) is 2.18. The van der Waals surface area contributed by atoms with Crippen LogP contribution in [-0.4, -0.2) is 47.6 Å². The molecule has 0 spiro atoms. The molecule has 3 heterocycles. The highest BCUT2D eigenvalue weighted by Crippen LogP contribution is 2.21. The molecule has 0 bridgehead atoms. The number of rotatable bonds is 4. The molecule has 0 aromatic carbocycles. The van der Waals surface area contributed by atoms with E-state index in [1.54, 1.807) is 6.26 Å². The zero-order valence-corrected chi connectivity index (χ0v) is 10.5. The highest BCUT2D eigenvalue weighted by atomic mass is 16.5. The van der Waals surface area contributed by atoms with Gasteiger partial charge in [-0.2, -0.15) is 0 Å². The monoisotopic (exact) mass is 264 g/mol. The first-order valence-corrected chi connectivity index (χ1v) is 6.29. The summed E-state index contributed by atoms with van der Waals surface area (Å²) in [7, 11) is 0. The first-order chi connectivity index (χ1) is 9.35. The number of aromatic nitrogens is 1. The maximum Gasteiger partial charge on any atom is 0.202 e. The van der Waals surface area contributed by atoms with Gasteiger partial charge in [0.2, 0.25) is 5.76 Å². The van der Waals surface area contributed by atoms with Crippen LogP contribution in [0.15, 0.2) is 33.4 Å². The van der Waals surface area contributed by atoms with Gasteiger partial charge in [-0.05, 0) is 12.1 Å². The number of aliphatic hydroxyl groups excluding tert-OH is 1. The number of furan rings is 1. The molecule has 1 unspecified atom stereocenters. The zero-order chi connectivity index (χ0) is 13.1. The molecule has 2 aromatic heterocycles. The molecule has 1 aliphatic rings. The van der Waals surface area contributed by atoms with Crippen molar-refractivity contribution in [1.29, 1.82) is 0 Å². The van der Waals surface area contributed by atoms with Crippen LogP contribution in [0, 0.1) is 0 Å². The SMILES string of the molecule is OCC1CN(Cc2cc(-c3ccco3)on2)CCO1. The molecule has 0 amide bonds. The summed E-state index contributed by atoms with van der Waals surface area (Å²) in [5, 5.41) is 13.1. The van der Waals surface area contributed by atoms with Gasteiger partial charge < -0.3 is 18.8 Å². The molecule has 6 nitrogen and oxygen atoms in total. The summed E-state index contributed by atoms with van der Waals surface area (Å²) >= 11 is 0. The lowest BCUT2D eigenvalue weighted by molar-refractivity contribution is -0.0555.